The van der Waals surface area contributed by atoms with Gasteiger partial charge in [0, 0.05) is 12.8 Å². The van der Waals surface area contributed by atoms with Crippen LogP contribution in [-0.4, -0.2) is 30.9 Å². The van der Waals surface area contributed by atoms with E-state index in [1.54, 1.807) is 0 Å². The Morgan fingerprint density at radius 2 is 2.00 bits per heavy atom. The minimum Gasteiger partial charge on any atom is -0.449 e. The molecule has 21 heavy (non-hydrogen) atoms. The summed E-state index contributed by atoms with van der Waals surface area (Å²) in [6.45, 7) is 0.239. The van der Waals surface area contributed by atoms with Crippen LogP contribution in [0.25, 0.3) is 0 Å². The minimum absolute atomic E-state index is 0.190. The Bertz CT molecular complexity index is 462. The number of alkyl carbamates (subject to hydrolysis) is 1. The zero-order valence-electron chi connectivity index (χ0n) is 11.8. The molecular formula is C15H20N2O4. The maximum Gasteiger partial charge on any atom is 0.407 e. The molecule has 1 unspecified atom stereocenters. The Kier molecular flexibility index (Phi) is 7.56. The largest absolute Gasteiger partial charge is 0.449 e. The molecule has 0 aliphatic heterocycles. The van der Waals surface area contributed by atoms with Gasteiger partial charge < -0.3 is 20.6 Å². The van der Waals surface area contributed by atoms with Crippen LogP contribution >= 0.6 is 0 Å². The van der Waals surface area contributed by atoms with Crippen molar-refractivity contribution in [3.63, 3.8) is 0 Å². The minimum atomic E-state index is -0.659. The van der Waals surface area contributed by atoms with Gasteiger partial charge in [0.1, 0.15) is 6.29 Å². The van der Waals surface area contributed by atoms with Crippen LogP contribution in [0.5, 0.6) is 0 Å². The molecule has 0 aliphatic carbocycles. The summed E-state index contributed by atoms with van der Waals surface area (Å²) in [4.78, 5) is 32.9. The van der Waals surface area contributed by atoms with Crippen LogP contribution in [0.1, 0.15) is 24.8 Å². The van der Waals surface area contributed by atoms with E-state index < -0.39 is 18.0 Å². The summed E-state index contributed by atoms with van der Waals surface area (Å²) in [6, 6.07) is 8.97. The molecule has 6 heteroatoms. The highest BCUT2D eigenvalue weighted by atomic mass is 16.5. The summed E-state index contributed by atoms with van der Waals surface area (Å²) >= 11 is 0. The van der Waals surface area contributed by atoms with Crippen LogP contribution in [-0.2, 0) is 20.7 Å². The third kappa shape index (κ3) is 7.71. The van der Waals surface area contributed by atoms with E-state index in [2.05, 4.69) is 5.32 Å². The normalized spacial score (nSPS) is 11.4. The first kappa shape index (κ1) is 16.7. The zero-order chi connectivity index (χ0) is 15.5. The van der Waals surface area contributed by atoms with Crippen molar-refractivity contribution in [2.45, 2.75) is 31.7 Å². The molecule has 6 nitrogen and oxygen atoms in total. The lowest BCUT2D eigenvalue weighted by Crippen LogP contribution is -2.36. The topological polar surface area (TPSA) is 98.5 Å². The summed E-state index contributed by atoms with van der Waals surface area (Å²) in [6.07, 6.45) is 1.60. The van der Waals surface area contributed by atoms with Crippen LogP contribution in [0.2, 0.25) is 0 Å². The summed E-state index contributed by atoms with van der Waals surface area (Å²) in [5.41, 5.74) is 6.07. The summed E-state index contributed by atoms with van der Waals surface area (Å²) < 4.78 is 5.01. The number of carbonyl (C=O) groups excluding carboxylic acids is 3. The van der Waals surface area contributed by atoms with E-state index in [0.717, 1.165) is 5.56 Å². The van der Waals surface area contributed by atoms with Crippen LogP contribution in [0.15, 0.2) is 30.3 Å². The van der Waals surface area contributed by atoms with E-state index >= 15 is 0 Å². The molecule has 3 N–H and O–H groups in total. The SMILES string of the molecule is NC(=O)CCCC(C=O)NC(=O)OCCc1ccccc1. The van der Waals surface area contributed by atoms with Crippen molar-refractivity contribution in [2.75, 3.05) is 6.61 Å². The number of hydrogen-bond acceptors (Lipinski definition) is 4. The standard InChI is InChI=1S/C15H20N2O4/c16-14(19)8-4-7-13(11-18)17-15(20)21-10-9-12-5-2-1-3-6-12/h1-3,5-6,11,13H,4,7-10H2,(H2,16,19)(H,17,20). The van der Waals surface area contributed by atoms with Crippen molar-refractivity contribution in [1.82, 2.24) is 5.32 Å². The van der Waals surface area contributed by atoms with E-state index in [-0.39, 0.29) is 13.0 Å². The van der Waals surface area contributed by atoms with E-state index in [9.17, 15) is 14.4 Å². The van der Waals surface area contributed by atoms with Gasteiger partial charge in [-0.25, -0.2) is 4.79 Å². The highest BCUT2D eigenvalue weighted by molar-refractivity contribution is 5.74. The Labute approximate surface area is 123 Å². The lowest BCUT2D eigenvalue weighted by atomic mass is 10.1. The first-order valence-electron chi connectivity index (χ1n) is 6.82. The highest BCUT2D eigenvalue weighted by Crippen LogP contribution is 2.01. The van der Waals surface area contributed by atoms with Crippen LogP contribution in [0.4, 0.5) is 4.79 Å². The van der Waals surface area contributed by atoms with Gasteiger partial charge in [-0.05, 0) is 18.4 Å². The molecule has 0 fully saturated rings. The number of carbonyl (C=O) groups is 3. The van der Waals surface area contributed by atoms with E-state index in [0.29, 0.717) is 25.5 Å². The molecule has 1 aromatic carbocycles. The Morgan fingerprint density at radius 1 is 1.29 bits per heavy atom. The molecular weight excluding hydrogens is 272 g/mol. The van der Waals surface area contributed by atoms with Gasteiger partial charge in [0.2, 0.25) is 5.91 Å². The predicted octanol–water partition coefficient (Wildman–Crippen LogP) is 1.18. The van der Waals surface area contributed by atoms with Gasteiger partial charge in [0.05, 0.1) is 12.6 Å². The number of rotatable bonds is 9. The smallest absolute Gasteiger partial charge is 0.407 e. The second-order valence-electron chi connectivity index (χ2n) is 4.62. The molecule has 0 spiro atoms. The van der Waals surface area contributed by atoms with Crippen LogP contribution in [0.3, 0.4) is 0 Å². The van der Waals surface area contributed by atoms with Crippen molar-refractivity contribution in [1.29, 1.82) is 0 Å². The summed E-state index contributed by atoms with van der Waals surface area (Å²) in [5, 5.41) is 2.45. The van der Waals surface area contributed by atoms with Gasteiger partial charge in [-0.3, -0.25) is 4.79 Å². The number of primary amides is 1. The first-order chi connectivity index (χ1) is 10.1. The fourth-order valence-electron chi connectivity index (χ4n) is 1.77. The molecule has 0 heterocycles. The highest BCUT2D eigenvalue weighted by Gasteiger charge is 2.12. The monoisotopic (exact) mass is 292 g/mol. The molecule has 0 aromatic heterocycles. The van der Waals surface area contributed by atoms with E-state index in [1.165, 1.54) is 0 Å². The van der Waals surface area contributed by atoms with E-state index in [1.807, 2.05) is 30.3 Å². The molecule has 1 aromatic rings. The molecule has 2 amide bonds. The molecule has 0 radical (unpaired) electrons. The van der Waals surface area contributed by atoms with Crippen molar-refractivity contribution in [2.24, 2.45) is 5.73 Å². The van der Waals surface area contributed by atoms with Gasteiger partial charge in [-0.1, -0.05) is 30.3 Å². The number of benzene rings is 1. The first-order valence-corrected chi connectivity index (χ1v) is 6.82. The van der Waals surface area contributed by atoms with Gasteiger partial charge in [0.25, 0.3) is 0 Å². The second-order valence-corrected chi connectivity index (χ2v) is 4.62. The number of amides is 2. The zero-order valence-corrected chi connectivity index (χ0v) is 11.8. The van der Waals surface area contributed by atoms with Crippen LogP contribution < -0.4 is 11.1 Å². The summed E-state index contributed by atoms with van der Waals surface area (Å²) in [7, 11) is 0. The Morgan fingerprint density at radius 3 is 2.62 bits per heavy atom. The molecule has 0 saturated heterocycles. The van der Waals surface area contributed by atoms with Crippen LogP contribution in [0, 0.1) is 0 Å². The second kappa shape index (κ2) is 9.52. The van der Waals surface area contributed by atoms with Crippen molar-refractivity contribution in [3.8, 4) is 0 Å². The quantitative estimate of drug-likeness (QED) is 0.668. The van der Waals surface area contributed by atoms with Gasteiger partial charge in [-0.15, -0.1) is 0 Å². The maximum absolute atomic E-state index is 11.5. The third-order valence-electron chi connectivity index (χ3n) is 2.87. The van der Waals surface area contributed by atoms with Gasteiger partial charge in [0.15, 0.2) is 0 Å². The molecule has 0 bridgehead atoms. The maximum atomic E-state index is 11.5. The van der Waals surface area contributed by atoms with Crippen molar-refractivity contribution in [3.05, 3.63) is 35.9 Å². The average Bonchev–Trinajstić information content (AvgIpc) is 2.47. The number of nitrogens with two attached hydrogens (primary N) is 1. The number of aldehydes is 1. The third-order valence-corrected chi connectivity index (χ3v) is 2.87. The molecule has 0 saturated carbocycles. The Balaban J connectivity index is 2.21. The molecule has 0 aliphatic rings. The van der Waals surface area contributed by atoms with Crippen molar-refractivity contribution >= 4 is 18.3 Å². The predicted molar refractivity (Wildman–Crippen MR) is 77.5 cm³/mol. The Hall–Kier alpha value is -2.37. The lowest BCUT2D eigenvalue weighted by Gasteiger charge is -2.12. The molecule has 114 valence electrons. The molecule has 1 atom stereocenters. The molecule has 1 rings (SSSR count). The number of ether oxygens (including phenoxy) is 1. The summed E-state index contributed by atoms with van der Waals surface area (Å²) in [5.74, 6) is -0.426. The number of hydrogen-bond donors (Lipinski definition) is 2. The number of nitrogens with one attached hydrogen (secondary N) is 1. The fourth-order valence-corrected chi connectivity index (χ4v) is 1.77. The van der Waals surface area contributed by atoms with Gasteiger partial charge in [-0.2, -0.15) is 0 Å². The van der Waals surface area contributed by atoms with Crippen molar-refractivity contribution < 1.29 is 19.1 Å². The van der Waals surface area contributed by atoms with E-state index in [4.69, 9.17) is 10.5 Å². The van der Waals surface area contributed by atoms with Gasteiger partial charge >= 0.3 is 6.09 Å². The lowest BCUT2D eigenvalue weighted by molar-refractivity contribution is -0.118. The average molecular weight is 292 g/mol. The fraction of sp³-hybridized carbons (Fsp3) is 0.400.